The van der Waals surface area contributed by atoms with Crippen LogP contribution in [0.15, 0.2) is 35.7 Å². The molecule has 1 atom stereocenters. The minimum absolute atomic E-state index is 0.0940. The highest BCUT2D eigenvalue weighted by molar-refractivity contribution is 7.10. The van der Waals surface area contributed by atoms with Gasteiger partial charge in [-0.05, 0) is 25.1 Å². The Bertz CT molecular complexity index is 744. The molecule has 5 nitrogen and oxygen atoms in total. The van der Waals surface area contributed by atoms with Crippen molar-refractivity contribution in [2.24, 2.45) is 5.73 Å². The number of aromatic nitrogens is 2. The zero-order valence-corrected chi connectivity index (χ0v) is 12.4. The van der Waals surface area contributed by atoms with E-state index in [9.17, 15) is 4.79 Å². The monoisotopic (exact) mass is 300 g/mol. The second-order valence-corrected chi connectivity index (χ2v) is 5.90. The molecule has 21 heavy (non-hydrogen) atoms. The zero-order chi connectivity index (χ0) is 14.8. The van der Waals surface area contributed by atoms with Crippen LogP contribution in [0.3, 0.4) is 0 Å². The third-order valence-corrected chi connectivity index (χ3v) is 4.28. The minimum atomic E-state index is -0.386. The quantitative estimate of drug-likeness (QED) is 0.677. The van der Waals surface area contributed by atoms with Crippen LogP contribution >= 0.6 is 11.3 Å². The number of para-hydroxylation sites is 2. The van der Waals surface area contributed by atoms with Crippen molar-refractivity contribution in [3.05, 3.63) is 52.0 Å². The molecule has 3 aromatic rings. The van der Waals surface area contributed by atoms with Crippen molar-refractivity contribution in [1.82, 2.24) is 15.3 Å². The van der Waals surface area contributed by atoms with E-state index in [1.807, 2.05) is 30.3 Å². The van der Waals surface area contributed by atoms with E-state index < -0.39 is 0 Å². The van der Waals surface area contributed by atoms with E-state index in [0.29, 0.717) is 12.1 Å². The molecule has 0 radical (unpaired) electrons. The van der Waals surface area contributed by atoms with Gasteiger partial charge in [-0.15, -0.1) is 11.3 Å². The van der Waals surface area contributed by atoms with Crippen LogP contribution in [0.5, 0.6) is 0 Å². The Morgan fingerprint density at radius 1 is 1.48 bits per heavy atom. The Morgan fingerprint density at radius 3 is 3.00 bits per heavy atom. The Kier molecular flexibility index (Phi) is 3.72. The lowest BCUT2D eigenvalue weighted by Crippen LogP contribution is -2.18. The maximum atomic E-state index is 11.1. The van der Waals surface area contributed by atoms with Gasteiger partial charge in [-0.25, -0.2) is 4.98 Å². The zero-order valence-electron chi connectivity index (χ0n) is 11.6. The number of carbonyl (C=O) groups excluding carboxylic acids is 1. The van der Waals surface area contributed by atoms with E-state index in [4.69, 9.17) is 5.73 Å². The first kappa shape index (κ1) is 13.8. The molecule has 0 aliphatic heterocycles. The van der Waals surface area contributed by atoms with E-state index in [2.05, 4.69) is 22.2 Å². The molecule has 0 saturated carbocycles. The first-order valence-electron chi connectivity index (χ1n) is 6.69. The van der Waals surface area contributed by atoms with Crippen molar-refractivity contribution in [2.45, 2.75) is 19.5 Å². The van der Waals surface area contributed by atoms with E-state index in [-0.39, 0.29) is 11.9 Å². The maximum absolute atomic E-state index is 11.1. The summed E-state index contributed by atoms with van der Waals surface area (Å²) >= 11 is 1.53. The van der Waals surface area contributed by atoms with Crippen LogP contribution in [0.25, 0.3) is 11.0 Å². The topological polar surface area (TPSA) is 83.8 Å². The summed E-state index contributed by atoms with van der Waals surface area (Å²) in [5.41, 5.74) is 7.81. The van der Waals surface area contributed by atoms with Crippen LogP contribution in [0.1, 0.15) is 34.0 Å². The van der Waals surface area contributed by atoms with Gasteiger partial charge in [-0.2, -0.15) is 0 Å². The van der Waals surface area contributed by atoms with Crippen molar-refractivity contribution < 1.29 is 4.79 Å². The standard InChI is InChI=1S/C15H16N4OS/c1-9(15-18-12-4-2-3-5-13(12)19-15)17-7-11-6-10(8-21-11)14(16)20/h2-6,8-9,17H,7H2,1H3,(H2,16,20)(H,18,19). The van der Waals surface area contributed by atoms with Crippen LogP contribution in [0.2, 0.25) is 0 Å². The third kappa shape index (κ3) is 2.96. The molecule has 3 rings (SSSR count). The number of nitrogens with two attached hydrogens (primary N) is 1. The number of H-pyrrole nitrogens is 1. The molecule has 2 heterocycles. The van der Waals surface area contributed by atoms with Gasteiger partial charge in [0.15, 0.2) is 0 Å². The van der Waals surface area contributed by atoms with Crippen LogP contribution < -0.4 is 11.1 Å². The number of nitrogens with one attached hydrogen (secondary N) is 2. The number of aromatic amines is 1. The van der Waals surface area contributed by atoms with Crippen molar-refractivity contribution >= 4 is 28.3 Å². The number of imidazole rings is 1. The molecular weight excluding hydrogens is 284 g/mol. The summed E-state index contributed by atoms with van der Waals surface area (Å²) in [6.45, 7) is 2.73. The molecule has 108 valence electrons. The van der Waals surface area contributed by atoms with Gasteiger partial charge in [0.1, 0.15) is 5.82 Å². The number of hydrogen-bond acceptors (Lipinski definition) is 4. The van der Waals surface area contributed by atoms with E-state index in [0.717, 1.165) is 21.7 Å². The number of amides is 1. The first-order valence-corrected chi connectivity index (χ1v) is 7.56. The fraction of sp³-hybridized carbons (Fsp3) is 0.200. The van der Waals surface area contributed by atoms with Gasteiger partial charge in [-0.3, -0.25) is 4.79 Å². The summed E-state index contributed by atoms with van der Waals surface area (Å²) in [7, 11) is 0. The number of fused-ring (bicyclic) bond motifs is 1. The number of nitrogens with zero attached hydrogens (tertiary/aromatic N) is 1. The van der Waals surface area contributed by atoms with E-state index in [1.165, 1.54) is 11.3 Å². The first-order chi connectivity index (χ1) is 10.1. The number of primary amides is 1. The highest BCUT2D eigenvalue weighted by Gasteiger charge is 2.11. The molecule has 4 N–H and O–H groups in total. The largest absolute Gasteiger partial charge is 0.366 e. The Morgan fingerprint density at radius 2 is 2.29 bits per heavy atom. The molecule has 1 aromatic carbocycles. The predicted octanol–water partition coefficient (Wildman–Crippen LogP) is 2.57. The number of benzene rings is 1. The minimum Gasteiger partial charge on any atom is -0.366 e. The van der Waals surface area contributed by atoms with Crippen LogP contribution in [0, 0.1) is 0 Å². The average molecular weight is 300 g/mol. The van der Waals surface area contributed by atoms with Crippen LogP contribution in [0.4, 0.5) is 0 Å². The molecule has 0 aliphatic carbocycles. The van der Waals surface area contributed by atoms with Gasteiger partial charge in [0, 0.05) is 16.8 Å². The van der Waals surface area contributed by atoms with Gasteiger partial charge >= 0.3 is 0 Å². The summed E-state index contributed by atoms with van der Waals surface area (Å²) in [5, 5.41) is 5.18. The number of carbonyl (C=O) groups is 1. The number of hydrogen-bond donors (Lipinski definition) is 3. The SMILES string of the molecule is CC(NCc1cc(C(N)=O)cs1)c1nc2ccccc2[nH]1. The fourth-order valence-corrected chi connectivity index (χ4v) is 2.95. The number of rotatable bonds is 5. The van der Waals surface area contributed by atoms with Gasteiger partial charge in [-0.1, -0.05) is 12.1 Å². The van der Waals surface area contributed by atoms with E-state index in [1.54, 1.807) is 5.38 Å². The Balaban J connectivity index is 1.67. The summed E-state index contributed by atoms with van der Waals surface area (Å²) in [6.07, 6.45) is 0. The Hall–Kier alpha value is -2.18. The predicted molar refractivity (Wildman–Crippen MR) is 84.2 cm³/mol. The normalized spacial score (nSPS) is 12.6. The molecule has 1 unspecified atom stereocenters. The summed E-state index contributed by atoms with van der Waals surface area (Å²) in [4.78, 5) is 20.0. The second-order valence-electron chi connectivity index (χ2n) is 4.91. The van der Waals surface area contributed by atoms with Gasteiger partial charge in [0.05, 0.1) is 22.6 Å². The molecular formula is C15H16N4OS. The fourth-order valence-electron chi connectivity index (χ4n) is 2.13. The van der Waals surface area contributed by atoms with Gasteiger partial charge in [0.2, 0.25) is 5.91 Å². The highest BCUT2D eigenvalue weighted by Crippen LogP contribution is 2.18. The smallest absolute Gasteiger partial charge is 0.249 e. The lowest BCUT2D eigenvalue weighted by atomic mass is 10.3. The Labute approximate surface area is 126 Å². The molecule has 0 fully saturated rings. The molecule has 2 aromatic heterocycles. The molecule has 1 amide bonds. The molecule has 0 aliphatic rings. The molecule has 0 saturated heterocycles. The summed E-state index contributed by atoms with van der Waals surface area (Å²) < 4.78 is 0. The summed E-state index contributed by atoms with van der Waals surface area (Å²) in [5.74, 6) is 0.519. The van der Waals surface area contributed by atoms with Crippen LogP contribution in [-0.4, -0.2) is 15.9 Å². The van der Waals surface area contributed by atoms with Crippen molar-refractivity contribution in [1.29, 1.82) is 0 Å². The molecule has 0 bridgehead atoms. The number of thiophene rings is 1. The second kappa shape index (κ2) is 5.67. The third-order valence-electron chi connectivity index (χ3n) is 3.34. The summed E-state index contributed by atoms with van der Waals surface area (Å²) in [6, 6.07) is 9.88. The highest BCUT2D eigenvalue weighted by atomic mass is 32.1. The van der Waals surface area contributed by atoms with Crippen molar-refractivity contribution in [3.8, 4) is 0 Å². The van der Waals surface area contributed by atoms with Crippen LogP contribution in [-0.2, 0) is 6.54 Å². The lowest BCUT2D eigenvalue weighted by Gasteiger charge is -2.09. The average Bonchev–Trinajstić information content (AvgIpc) is 3.11. The van der Waals surface area contributed by atoms with E-state index >= 15 is 0 Å². The van der Waals surface area contributed by atoms with Crippen molar-refractivity contribution in [3.63, 3.8) is 0 Å². The van der Waals surface area contributed by atoms with Gasteiger partial charge in [0.25, 0.3) is 0 Å². The lowest BCUT2D eigenvalue weighted by molar-refractivity contribution is 0.100. The molecule has 6 heteroatoms. The van der Waals surface area contributed by atoms with Crippen molar-refractivity contribution in [2.75, 3.05) is 0 Å². The van der Waals surface area contributed by atoms with Gasteiger partial charge < -0.3 is 16.0 Å². The maximum Gasteiger partial charge on any atom is 0.249 e. The molecule has 0 spiro atoms.